The molecule has 0 amide bonds. The third-order valence-electron chi connectivity index (χ3n) is 6.55. The van der Waals surface area contributed by atoms with E-state index in [2.05, 4.69) is 24.1 Å². The largest absolute Gasteiger partial charge is 0.456 e. The molecule has 3 aromatic rings. The van der Waals surface area contributed by atoms with Gasteiger partial charge in [0.05, 0.1) is 11.1 Å². The van der Waals surface area contributed by atoms with E-state index >= 15 is 0 Å². The van der Waals surface area contributed by atoms with Crippen molar-refractivity contribution < 1.29 is 14.3 Å². The summed E-state index contributed by atoms with van der Waals surface area (Å²) < 4.78 is 12.4. The Bertz CT molecular complexity index is 1230. The van der Waals surface area contributed by atoms with E-state index in [-0.39, 0.29) is 17.0 Å². The molecule has 3 atom stereocenters. The van der Waals surface area contributed by atoms with Gasteiger partial charge in [-0.15, -0.1) is 11.6 Å². The topological polar surface area (TPSA) is 50.8 Å². The van der Waals surface area contributed by atoms with Gasteiger partial charge in [0.2, 0.25) is 0 Å². The lowest BCUT2D eigenvalue weighted by Gasteiger charge is -2.36. The van der Waals surface area contributed by atoms with Gasteiger partial charge in [0, 0.05) is 34.9 Å². The summed E-state index contributed by atoms with van der Waals surface area (Å²) in [5.41, 5.74) is 2.19. The maximum absolute atomic E-state index is 12.9. The summed E-state index contributed by atoms with van der Waals surface area (Å²) >= 11 is 13.2. The van der Waals surface area contributed by atoms with Gasteiger partial charge in [-0.1, -0.05) is 61.8 Å². The third kappa shape index (κ3) is 3.72. The number of hydrogen-bond donors (Lipinski definition) is 1. The first kappa shape index (κ1) is 23.0. The monoisotopic (exact) mass is 496 g/mol. The number of benzene rings is 3. The lowest BCUT2D eigenvalue weighted by molar-refractivity contribution is 0.0224. The number of nitrogens with one attached hydrogen (secondary N) is 1. The van der Waals surface area contributed by atoms with Gasteiger partial charge in [0.15, 0.2) is 5.60 Å². The van der Waals surface area contributed by atoms with E-state index < -0.39 is 5.60 Å². The number of esters is 1. The first-order valence-corrected chi connectivity index (χ1v) is 12.4. The Morgan fingerprint density at radius 3 is 2.35 bits per heavy atom. The second-order valence-electron chi connectivity index (χ2n) is 8.43. The fourth-order valence-corrected chi connectivity index (χ4v) is 5.73. The van der Waals surface area contributed by atoms with Gasteiger partial charge in [0.1, 0.15) is 17.0 Å². The molecule has 1 spiro atoms. The van der Waals surface area contributed by atoms with Crippen LogP contribution in [-0.2, 0) is 10.3 Å². The summed E-state index contributed by atoms with van der Waals surface area (Å²) in [4.78, 5) is 15.0. The predicted molar refractivity (Wildman–Crippen MR) is 135 cm³/mol. The molecule has 0 saturated heterocycles. The van der Waals surface area contributed by atoms with Gasteiger partial charge in [-0.3, -0.25) is 4.90 Å². The second kappa shape index (κ2) is 9.14. The fraction of sp³-hybridized carbons (Fsp3) is 0.296. The minimum atomic E-state index is -1.05. The molecule has 7 heteroatoms. The Kier molecular flexibility index (Phi) is 6.19. The smallest absolute Gasteiger partial charge is 0.340 e. The molecule has 2 aliphatic heterocycles. The van der Waals surface area contributed by atoms with E-state index in [4.69, 9.17) is 32.7 Å². The molecule has 5 nitrogen and oxygen atoms in total. The van der Waals surface area contributed by atoms with E-state index in [9.17, 15) is 4.79 Å². The number of hydrogen-bond acceptors (Lipinski definition) is 5. The summed E-state index contributed by atoms with van der Waals surface area (Å²) in [6.45, 7) is 5.89. The van der Waals surface area contributed by atoms with Gasteiger partial charge in [-0.05, 0) is 37.4 Å². The maximum atomic E-state index is 12.9. The minimum absolute atomic E-state index is 0.163. The molecule has 34 heavy (non-hydrogen) atoms. The lowest BCUT2D eigenvalue weighted by Crippen LogP contribution is -2.34. The van der Waals surface area contributed by atoms with Crippen LogP contribution in [0.15, 0.2) is 66.7 Å². The SMILES string of the molecule is CCN(CC)C(Cl)CC(Cl)Nc1ccc2c(c1)Oc1ccccc1C21OC(=O)c2ccccc21. The standard InChI is InChI=1S/C27H26Cl2N2O3/c1-3-31(4-2)25(29)16-24(28)30-17-13-14-21-23(15-17)33-22-12-8-7-11-20(22)27(21)19-10-6-5-9-18(19)26(32)34-27/h5-15,24-25,30H,3-4,16H2,1-2H3. The Balaban J connectivity index is 1.51. The third-order valence-corrected chi connectivity index (χ3v) is 7.29. The number of anilines is 1. The van der Waals surface area contributed by atoms with E-state index in [1.807, 2.05) is 60.7 Å². The van der Waals surface area contributed by atoms with Gasteiger partial charge in [0.25, 0.3) is 0 Å². The van der Waals surface area contributed by atoms with Crippen molar-refractivity contribution in [2.24, 2.45) is 0 Å². The van der Waals surface area contributed by atoms with Crippen LogP contribution >= 0.6 is 23.2 Å². The first-order chi connectivity index (χ1) is 16.5. The van der Waals surface area contributed by atoms with Crippen molar-refractivity contribution in [1.82, 2.24) is 4.90 Å². The zero-order valence-electron chi connectivity index (χ0n) is 19.1. The number of carbonyl (C=O) groups is 1. The van der Waals surface area contributed by atoms with Gasteiger partial charge < -0.3 is 14.8 Å². The van der Waals surface area contributed by atoms with E-state index in [1.54, 1.807) is 6.07 Å². The van der Waals surface area contributed by atoms with Gasteiger partial charge >= 0.3 is 5.97 Å². The summed E-state index contributed by atoms with van der Waals surface area (Å²) in [6, 6.07) is 21.0. The van der Waals surface area contributed by atoms with Crippen LogP contribution in [0.2, 0.25) is 0 Å². The maximum Gasteiger partial charge on any atom is 0.340 e. The lowest BCUT2D eigenvalue weighted by atomic mass is 9.77. The van der Waals surface area contributed by atoms with Crippen LogP contribution in [0.3, 0.4) is 0 Å². The Hall–Kier alpha value is -2.73. The van der Waals surface area contributed by atoms with Crippen molar-refractivity contribution in [3.05, 3.63) is 89.0 Å². The molecule has 0 saturated carbocycles. The van der Waals surface area contributed by atoms with Crippen molar-refractivity contribution >= 4 is 34.9 Å². The molecule has 0 fully saturated rings. The highest BCUT2D eigenvalue weighted by Crippen LogP contribution is 2.56. The molecule has 5 rings (SSSR count). The van der Waals surface area contributed by atoms with E-state index in [0.717, 1.165) is 35.5 Å². The van der Waals surface area contributed by atoms with Crippen LogP contribution in [0.4, 0.5) is 5.69 Å². The molecular formula is C27H26Cl2N2O3. The average molecular weight is 497 g/mol. The Morgan fingerprint density at radius 2 is 1.59 bits per heavy atom. The zero-order chi connectivity index (χ0) is 23.9. The molecule has 0 radical (unpaired) electrons. The molecule has 3 unspecified atom stereocenters. The van der Waals surface area contributed by atoms with Crippen LogP contribution < -0.4 is 10.1 Å². The number of ether oxygens (including phenoxy) is 2. The molecule has 176 valence electrons. The van der Waals surface area contributed by atoms with Gasteiger partial charge in [-0.25, -0.2) is 4.79 Å². The van der Waals surface area contributed by atoms with E-state index in [1.165, 1.54) is 0 Å². The molecule has 2 aliphatic rings. The second-order valence-corrected chi connectivity index (χ2v) is 9.46. The summed E-state index contributed by atoms with van der Waals surface area (Å²) in [5, 5.41) is 3.32. The number of nitrogens with zero attached hydrogens (tertiary/aromatic N) is 1. The molecule has 0 aromatic heterocycles. The number of alkyl halides is 2. The molecule has 1 N–H and O–H groups in total. The summed E-state index contributed by atoms with van der Waals surface area (Å²) in [5.74, 6) is 0.926. The highest BCUT2D eigenvalue weighted by Gasteiger charge is 2.53. The quantitative estimate of drug-likeness (QED) is 0.229. The van der Waals surface area contributed by atoms with Crippen molar-refractivity contribution in [2.45, 2.75) is 36.9 Å². The minimum Gasteiger partial charge on any atom is -0.456 e. The van der Waals surface area contributed by atoms with Gasteiger partial charge in [-0.2, -0.15) is 0 Å². The molecule has 2 heterocycles. The normalized spacial score (nSPS) is 19.6. The molecule has 0 aliphatic carbocycles. The average Bonchev–Trinajstić information content (AvgIpc) is 3.13. The fourth-order valence-electron chi connectivity index (χ4n) is 4.89. The van der Waals surface area contributed by atoms with Crippen LogP contribution in [0.25, 0.3) is 0 Å². The Morgan fingerprint density at radius 1 is 0.912 bits per heavy atom. The highest BCUT2D eigenvalue weighted by atomic mass is 35.5. The van der Waals surface area contributed by atoms with Crippen LogP contribution in [0.5, 0.6) is 11.5 Å². The number of fused-ring (bicyclic) bond motifs is 6. The van der Waals surface area contributed by atoms with Crippen LogP contribution in [0.1, 0.15) is 47.3 Å². The molecule has 3 aromatic carbocycles. The predicted octanol–water partition coefficient (Wildman–Crippen LogP) is 6.53. The summed E-state index contributed by atoms with van der Waals surface area (Å²) in [7, 11) is 0. The number of halogens is 2. The summed E-state index contributed by atoms with van der Waals surface area (Å²) in [6.07, 6.45) is 0.570. The number of para-hydroxylation sites is 1. The molecule has 0 bridgehead atoms. The van der Waals surface area contributed by atoms with Crippen molar-refractivity contribution in [1.29, 1.82) is 0 Å². The number of rotatable bonds is 7. The first-order valence-electron chi connectivity index (χ1n) is 11.5. The van der Waals surface area contributed by atoms with Crippen LogP contribution in [-0.4, -0.2) is 35.0 Å². The van der Waals surface area contributed by atoms with Crippen molar-refractivity contribution in [2.75, 3.05) is 18.4 Å². The highest BCUT2D eigenvalue weighted by molar-refractivity contribution is 6.24. The Labute approximate surface area is 209 Å². The van der Waals surface area contributed by atoms with E-state index in [0.29, 0.717) is 23.5 Å². The number of carbonyl (C=O) groups excluding carboxylic acids is 1. The van der Waals surface area contributed by atoms with Crippen molar-refractivity contribution in [3.8, 4) is 11.5 Å². The van der Waals surface area contributed by atoms with Crippen molar-refractivity contribution in [3.63, 3.8) is 0 Å². The zero-order valence-corrected chi connectivity index (χ0v) is 20.6. The molecular weight excluding hydrogens is 471 g/mol. The van der Waals surface area contributed by atoms with Crippen LogP contribution in [0, 0.1) is 0 Å².